The topological polar surface area (TPSA) is 98.3 Å². The molecule has 0 saturated heterocycles. The summed E-state index contributed by atoms with van der Waals surface area (Å²) in [6, 6.07) is 13.4. The highest BCUT2D eigenvalue weighted by Crippen LogP contribution is 2.27. The molecule has 1 heterocycles. The molecule has 2 aromatic carbocycles. The second-order valence-electron chi connectivity index (χ2n) is 6.00. The molecular formula is C20H17N3O4. The lowest BCUT2D eigenvalue weighted by Gasteiger charge is -2.04. The van der Waals surface area contributed by atoms with Crippen LogP contribution in [0.1, 0.15) is 27.3 Å². The minimum Gasteiger partial charge on any atom is -0.502 e. The Kier molecular flexibility index (Phi) is 4.85. The molecule has 0 radical (unpaired) electrons. The van der Waals surface area contributed by atoms with Gasteiger partial charge in [-0.2, -0.15) is 5.10 Å². The monoisotopic (exact) mass is 363 g/mol. The van der Waals surface area contributed by atoms with Crippen LogP contribution in [0, 0.1) is 24.0 Å². The molecule has 3 aromatic rings. The van der Waals surface area contributed by atoms with Crippen LogP contribution in [0.25, 0.3) is 11.8 Å². The molecule has 0 unspecified atom stereocenters. The summed E-state index contributed by atoms with van der Waals surface area (Å²) in [4.78, 5) is 22.9. The van der Waals surface area contributed by atoms with Crippen LogP contribution in [0.5, 0.6) is 5.75 Å². The minimum absolute atomic E-state index is 0.247. The Balaban J connectivity index is 1.91. The van der Waals surface area contributed by atoms with Gasteiger partial charge in [-0.1, -0.05) is 30.3 Å². The molecule has 0 aliphatic heterocycles. The Morgan fingerprint density at radius 3 is 2.56 bits per heavy atom. The summed E-state index contributed by atoms with van der Waals surface area (Å²) >= 11 is 0. The summed E-state index contributed by atoms with van der Waals surface area (Å²) in [7, 11) is 0. The lowest BCUT2D eigenvalue weighted by Crippen LogP contribution is -2.01. The minimum atomic E-state index is -0.674. The molecule has 0 amide bonds. The van der Waals surface area contributed by atoms with Crippen molar-refractivity contribution in [3.05, 3.63) is 87.2 Å². The number of aryl methyl sites for hydroxylation is 1. The van der Waals surface area contributed by atoms with Crippen molar-refractivity contribution in [2.24, 2.45) is 0 Å². The van der Waals surface area contributed by atoms with Gasteiger partial charge in [-0.05, 0) is 43.7 Å². The fraction of sp³-hybridized carbons (Fsp3) is 0.100. The van der Waals surface area contributed by atoms with E-state index in [0.29, 0.717) is 22.5 Å². The fourth-order valence-electron chi connectivity index (χ4n) is 2.87. The third-order valence-electron chi connectivity index (χ3n) is 4.16. The summed E-state index contributed by atoms with van der Waals surface area (Å²) in [5.41, 5.74) is 2.69. The smallest absolute Gasteiger partial charge is 0.311 e. The molecule has 0 atom stereocenters. The molecule has 3 rings (SSSR count). The van der Waals surface area contributed by atoms with Gasteiger partial charge < -0.3 is 5.11 Å². The van der Waals surface area contributed by atoms with Gasteiger partial charge in [-0.25, -0.2) is 4.68 Å². The molecule has 7 heteroatoms. The van der Waals surface area contributed by atoms with Gasteiger partial charge in [-0.3, -0.25) is 14.9 Å². The highest BCUT2D eigenvalue weighted by molar-refractivity contribution is 6.08. The number of nitrogens with zero attached hydrogens (tertiary/aromatic N) is 3. The van der Waals surface area contributed by atoms with E-state index in [4.69, 9.17) is 0 Å². The molecule has 136 valence electrons. The number of aromatic nitrogens is 2. The van der Waals surface area contributed by atoms with Crippen LogP contribution >= 0.6 is 0 Å². The van der Waals surface area contributed by atoms with Crippen LogP contribution in [0.15, 0.2) is 54.6 Å². The van der Waals surface area contributed by atoms with Crippen molar-refractivity contribution < 1.29 is 14.8 Å². The number of carbonyl (C=O) groups is 1. The van der Waals surface area contributed by atoms with Crippen molar-refractivity contribution >= 4 is 17.5 Å². The van der Waals surface area contributed by atoms with Gasteiger partial charge in [0.05, 0.1) is 27.6 Å². The van der Waals surface area contributed by atoms with E-state index < -0.39 is 16.4 Å². The molecular weight excluding hydrogens is 346 g/mol. The van der Waals surface area contributed by atoms with Crippen molar-refractivity contribution in [2.75, 3.05) is 0 Å². The van der Waals surface area contributed by atoms with Gasteiger partial charge in [0.1, 0.15) is 0 Å². The third-order valence-corrected chi connectivity index (χ3v) is 4.16. The molecule has 7 nitrogen and oxygen atoms in total. The maximum Gasteiger partial charge on any atom is 0.311 e. The average Bonchev–Trinajstić information content (AvgIpc) is 2.95. The van der Waals surface area contributed by atoms with Crippen LogP contribution in [-0.2, 0) is 0 Å². The van der Waals surface area contributed by atoms with E-state index in [0.717, 1.165) is 5.69 Å². The van der Waals surface area contributed by atoms with Crippen LogP contribution in [0.4, 0.5) is 5.69 Å². The normalized spacial score (nSPS) is 11.0. The number of phenolic OH excluding ortho intramolecular Hbond substituents is 1. The molecule has 1 N–H and O–H groups in total. The van der Waals surface area contributed by atoms with Gasteiger partial charge >= 0.3 is 5.69 Å². The lowest BCUT2D eigenvalue weighted by molar-refractivity contribution is -0.385. The predicted molar refractivity (Wildman–Crippen MR) is 101 cm³/mol. The van der Waals surface area contributed by atoms with E-state index in [1.807, 2.05) is 37.3 Å². The number of benzene rings is 2. The maximum absolute atomic E-state index is 12.7. The molecule has 1 aromatic heterocycles. The van der Waals surface area contributed by atoms with Gasteiger partial charge in [0.25, 0.3) is 0 Å². The summed E-state index contributed by atoms with van der Waals surface area (Å²) in [5.74, 6) is -0.665. The quantitative estimate of drug-likeness (QED) is 0.320. The van der Waals surface area contributed by atoms with Crippen molar-refractivity contribution in [1.29, 1.82) is 0 Å². The molecule has 0 fully saturated rings. The second kappa shape index (κ2) is 7.25. The van der Waals surface area contributed by atoms with E-state index >= 15 is 0 Å². The second-order valence-corrected chi connectivity index (χ2v) is 6.00. The number of phenols is 1. The Morgan fingerprint density at radius 1 is 1.19 bits per heavy atom. The summed E-state index contributed by atoms with van der Waals surface area (Å²) < 4.78 is 1.71. The Labute approximate surface area is 155 Å². The number of hydrogen-bond donors (Lipinski definition) is 1. The molecule has 0 spiro atoms. The van der Waals surface area contributed by atoms with Crippen molar-refractivity contribution in [2.45, 2.75) is 13.8 Å². The predicted octanol–water partition coefficient (Wildman–Crippen LogP) is 4.00. The number of carbonyl (C=O) groups excluding carboxylic acids is 1. The van der Waals surface area contributed by atoms with Crippen LogP contribution < -0.4 is 0 Å². The SMILES string of the molecule is Cc1nn(-c2ccccc2)c(C)c1C(=O)/C=C/c1ccc(O)c([N+](=O)[O-])c1. The number of para-hydroxylation sites is 1. The molecule has 0 aliphatic rings. The standard InChI is InChI=1S/C20H17N3O4/c1-13-20(14(2)22(21-13)16-6-4-3-5-7-16)19(25)11-9-15-8-10-18(24)17(12-15)23(26)27/h3-12,24H,1-2H3/b11-9+. The first-order chi connectivity index (χ1) is 12.9. The van der Waals surface area contributed by atoms with Gasteiger partial charge in [0, 0.05) is 6.07 Å². The van der Waals surface area contributed by atoms with E-state index in [1.165, 1.54) is 30.4 Å². The summed E-state index contributed by atoms with van der Waals surface area (Å²) in [6.45, 7) is 3.58. The number of allylic oxidation sites excluding steroid dienone is 1. The zero-order valence-electron chi connectivity index (χ0n) is 14.8. The van der Waals surface area contributed by atoms with E-state index in [9.17, 15) is 20.0 Å². The van der Waals surface area contributed by atoms with Crippen molar-refractivity contribution in [3.63, 3.8) is 0 Å². The Morgan fingerprint density at radius 2 is 1.89 bits per heavy atom. The Hall–Kier alpha value is -3.74. The first-order valence-corrected chi connectivity index (χ1v) is 8.20. The Bertz CT molecular complexity index is 1050. The van der Waals surface area contributed by atoms with Crippen LogP contribution in [0.3, 0.4) is 0 Å². The fourth-order valence-corrected chi connectivity index (χ4v) is 2.87. The van der Waals surface area contributed by atoms with E-state index in [1.54, 1.807) is 11.6 Å². The van der Waals surface area contributed by atoms with Gasteiger partial charge in [0.15, 0.2) is 11.5 Å². The van der Waals surface area contributed by atoms with E-state index in [2.05, 4.69) is 5.10 Å². The third kappa shape index (κ3) is 3.62. The molecule has 0 saturated carbocycles. The van der Waals surface area contributed by atoms with Crippen molar-refractivity contribution in [3.8, 4) is 11.4 Å². The number of ketones is 1. The van der Waals surface area contributed by atoms with E-state index in [-0.39, 0.29) is 5.78 Å². The van der Waals surface area contributed by atoms with Crippen LogP contribution in [0.2, 0.25) is 0 Å². The number of nitro benzene ring substituents is 1. The lowest BCUT2D eigenvalue weighted by atomic mass is 10.1. The first kappa shape index (κ1) is 18.1. The van der Waals surface area contributed by atoms with Crippen LogP contribution in [-0.4, -0.2) is 25.6 Å². The highest BCUT2D eigenvalue weighted by Gasteiger charge is 2.18. The van der Waals surface area contributed by atoms with Crippen molar-refractivity contribution in [1.82, 2.24) is 9.78 Å². The molecule has 0 bridgehead atoms. The average molecular weight is 363 g/mol. The number of nitro groups is 1. The zero-order chi connectivity index (χ0) is 19.6. The zero-order valence-corrected chi connectivity index (χ0v) is 14.8. The number of hydrogen-bond acceptors (Lipinski definition) is 5. The summed E-state index contributed by atoms with van der Waals surface area (Å²) in [6.07, 6.45) is 2.83. The molecule has 27 heavy (non-hydrogen) atoms. The van der Waals surface area contributed by atoms with Gasteiger partial charge in [0.2, 0.25) is 0 Å². The summed E-state index contributed by atoms with van der Waals surface area (Å²) in [5, 5.41) is 24.8. The number of rotatable bonds is 5. The number of aromatic hydroxyl groups is 1. The highest BCUT2D eigenvalue weighted by atomic mass is 16.6. The largest absolute Gasteiger partial charge is 0.502 e. The molecule has 0 aliphatic carbocycles. The van der Waals surface area contributed by atoms with Gasteiger partial charge in [-0.15, -0.1) is 0 Å². The first-order valence-electron chi connectivity index (χ1n) is 8.20. The maximum atomic E-state index is 12.7.